The summed E-state index contributed by atoms with van der Waals surface area (Å²) in [5.41, 5.74) is 0.149. The van der Waals surface area contributed by atoms with Crippen molar-refractivity contribution in [1.29, 1.82) is 0 Å². The zero-order valence-corrected chi connectivity index (χ0v) is 11.6. The molecule has 3 nitrogen and oxygen atoms in total. The second kappa shape index (κ2) is 5.50. The van der Waals surface area contributed by atoms with Crippen LogP contribution in [0.25, 0.3) is 0 Å². The van der Waals surface area contributed by atoms with Gasteiger partial charge in [0.1, 0.15) is 0 Å². The predicted octanol–water partition coefficient (Wildman–Crippen LogP) is 4.35. The van der Waals surface area contributed by atoms with Gasteiger partial charge in [-0.3, -0.25) is 10.1 Å². The van der Waals surface area contributed by atoms with Gasteiger partial charge in [-0.2, -0.15) is 0 Å². The summed E-state index contributed by atoms with van der Waals surface area (Å²) in [6.07, 6.45) is 0. The van der Waals surface area contributed by atoms with Gasteiger partial charge in [0.15, 0.2) is 0 Å². The number of hydrogen-bond acceptors (Lipinski definition) is 3. The molecular weight excluding hydrogens is 349 g/mol. The van der Waals surface area contributed by atoms with E-state index in [1.807, 2.05) is 30.3 Å². The van der Waals surface area contributed by atoms with Gasteiger partial charge in [0, 0.05) is 14.5 Å². The lowest BCUT2D eigenvalue weighted by molar-refractivity contribution is -0.387. The van der Waals surface area contributed by atoms with Crippen molar-refractivity contribution in [2.24, 2.45) is 0 Å². The second-order valence-corrected chi connectivity index (χ2v) is 5.64. The first-order chi connectivity index (χ1) is 8.16. The third kappa shape index (κ3) is 3.19. The van der Waals surface area contributed by atoms with Crippen LogP contribution in [0.15, 0.2) is 58.3 Å². The Morgan fingerprint density at radius 1 is 1.06 bits per heavy atom. The van der Waals surface area contributed by atoms with E-state index in [1.165, 1.54) is 17.8 Å². The van der Waals surface area contributed by atoms with Crippen LogP contribution >= 0.6 is 34.4 Å². The van der Waals surface area contributed by atoms with Crippen LogP contribution in [0.3, 0.4) is 0 Å². The number of nitro benzene ring substituents is 1. The van der Waals surface area contributed by atoms with Crippen LogP contribution in [-0.2, 0) is 0 Å². The first-order valence-corrected chi connectivity index (χ1v) is 6.73. The van der Waals surface area contributed by atoms with Crippen molar-refractivity contribution in [2.45, 2.75) is 9.79 Å². The third-order valence-electron chi connectivity index (χ3n) is 2.10. The molecule has 0 heterocycles. The van der Waals surface area contributed by atoms with Gasteiger partial charge >= 0.3 is 0 Å². The zero-order valence-electron chi connectivity index (χ0n) is 8.67. The van der Waals surface area contributed by atoms with Crippen molar-refractivity contribution < 1.29 is 4.92 Å². The molecule has 0 fully saturated rings. The van der Waals surface area contributed by atoms with E-state index in [0.717, 1.165) is 8.47 Å². The minimum Gasteiger partial charge on any atom is -0.258 e. The van der Waals surface area contributed by atoms with Gasteiger partial charge in [-0.25, -0.2) is 0 Å². The number of rotatable bonds is 3. The Bertz CT molecular complexity index is 542. The van der Waals surface area contributed by atoms with Crippen molar-refractivity contribution in [2.75, 3.05) is 0 Å². The van der Waals surface area contributed by atoms with Crippen LogP contribution in [0.1, 0.15) is 0 Å². The first kappa shape index (κ1) is 12.4. The molecule has 2 rings (SSSR count). The molecule has 2 aromatic carbocycles. The Morgan fingerprint density at radius 2 is 1.71 bits per heavy atom. The molecule has 2 aromatic rings. The fourth-order valence-electron chi connectivity index (χ4n) is 1.32. The summed E-state index contributed by atoms with van der Waals surface area (Å²) in [7, 11) is 0. The van der Waals surface area contributed by atoms with Crippen molar-refractivity contribution in [3.63, 3.8) is 0 Å². The van der Waals surface area contributed by atoms with Crippen LogP contribution in [0.4, 0.5) is 5.69 Å². The zero-order chi connectivity index (χ0) is 12.3. The van der Waals surface area contributed by atoms with E-state index < -0.39 is 0 Å². The molecule has 0 radical (unpaired) electrons. The van der Waals surface area contributed by atoms with Crippen molar-refractivity contribution in [3.8, 4) is 0 Å². The standard InChI is InChI=1S/C12H8INO2S/c13-9-5-7-10(8-6-9)17-12-4-2-1-3-11(12)14(15)16/h1-8H. The maximum atomic E-state index is 10.9. The maximum Gasteiger partial charge on any atom is 0.283 e. The number of halogens is 1. The lowest BCUT2D eigenvalue weighted by Crippen LogP contribution is -1.89. The topological polar surface area (TPSA) is 43.1 Å². The SMILES string of the molecule is O=[N+]([O-])c1ccccc1Sc1ccc(I)cc1. The average Bonchev–Trinajstić information content (AvgIpc) is 2.32. The van der Waals surface area contributed by atoms with Crippen molar-refractivity contribution in [3.05, 3.63) is 62.2 Å². The largest absolute Gasteiger partial charge is 0.283 e. The Balaban J connectivity index is 2.30. The number of para-hydroxylation sites is 1. The highest BCUT2D eigenvalue weighted by Crippen LogP contribution is 2.34. The normalized spacial score (nSPS) is 10.2. The summed E-state index contributed by atoms with van der Waals surface area (Å²) < 4.78 is 1.15. The summed E-state index contributed by atoms with van der Waals surface area (Å²) in [6.45, 7) is 0. The van der Waals surface area contributed by atoms with E-state index in [-0.39, 0.29) is 10.6 Å². The molecule has 0 aromatic heterocycles. The molecule has 0 spiro atoms. The second-order valence-electron chi connectivity index (χ2n) is 3.28. The van der Waals surface area contributed by atoms with Gasteiger partial charge in [0.2, 0.25) is 0 Å². The lowest BCUT2D eigenvalue weighted by atomic mass is 10.3. The van der Waals surface area contributed by atoms with E-state index in [1.54, 1.807) is 12.1 Å². The number of benzene rings is 2. The van der Waals surface area contributed by atoms with Crippen LogP contribution < -0.4 is 0 Å². The fraction of sp³-hybridized carbons (Fsp3) is 0. The summed E-state index contributed by atoms with van der Waals surface area (Å²) in [5.74, 6) is 0. The summed E-state index contributed by atoms with van der Waals surface area (Å²) in [6, 6.07) is 14.7. The van der Waals surface area contributed by atoms with E-state index in [9.17, 15) is 10.1 Å². The molecule has 0 saturated carbocycles. The molecule has 0 bridgehead atoms. The van der Waals surface area contributed by atoms with Crippen LogP contribution in [-0.4, -0.2) is 4.92 Å². The molecule has 5 heteroatoms. The van der Waals surface area contributed by atoms with E-state index in [0.29, 0.717) is 4.90 Å². The molecule has 0 amide bonds. The lowest BCUT2D eigenvalue weighted by Gasteiger charge is -2.02. The van der Waals surface area contributed by atoms with Gasteiger partial charge in [0.25, 0.3) is 5.69 Å². The Kier molecular flexibility index (Phi) is 4.01. The predicted molar refractivity (Wildman–Crippen MR) is 76.4 cm³/mol. The number of nitrogens with zero attached hydrogens (tertiary/aromatic N) is 1. The molecular formula is C12H8INO2S. The van der Waals surface area contributed by atoms with Gasteiger partial charge in [-0.15, -0.1) is 0 Å². The first-order valence-electron chi connectivity index (χ1n) is 4.83. The molecule has 0 aliphatic rings. The van der Waals surface area contributed by atoms with E-state index in [2.05, 4.69) is 22.6 Å². The molecule has 0 unspecified atom stereocenters. The highest BCUT2D eigenvalue weighted by molar-refractivity contribution is 14.1. The molecule has 0 saturated heterocycles. The molecule has 0 N–H and O–H groups in total. The van der Waals surface area contributed by atoms with Crippen LogP contribution in [0, 0.1) is 13.7 Å². The molecule has 86 valence electrons. The van der Waals surface area contributed by atoms with Crippen LogP contribution in [0.5, 0.6) is 0 Å². The van der Waals surface area contributed by atoms with Crippen molar-refractivity contribution >= 4 is 40.0 Å². The minimum absolute atomic E-state index is 0.149. The maximum absolute atomic E-state index is 10.9. The summed E-state index contributed by atoms with van der Waals surface area (Å²) in [5, 5.41) is 10.9. The highest BCUT2D eigenvalue weighted by Gasteiger charge is 2.13. The van der Waals surface area contributed by atoms with Crippen molar-refractivity contribution in [1.82, 2.24) is 0 Å². The molecule has 17 heavy (non-hydrogen) atoms. The summed E-state index contributed by atoms with van der Waals surface area (Å²) in [4.78, 5) is 12.2. The average molecular weight is 357 g/mol. The molecule has 0 aliphatic carbocycles. The van der Waals surface area contributed by atoms with E-state index >= 15 is 0 Å². The van der Waals surface area contributed by atoms with Gasteiger partial charge in [-0.05, 0) is 52.9 Å². The minimum atomic E-state index is -0.352. The van der Waals surface area contributed by atoms with Gasteiger partial charge < -0.3 is 0 Å². The van der Waals surface area contributed by atoms with Crippen LogP contribution in [0.2, 0.25) is 0 Å². The quantitative estimate of drug-likeness (QED) is 0.466. The summed E-state index contributed by atoms with van der Waals surface area (Å²) >= 11 is 3.63. The van der Waals surface area contributed by atoms with Gasteiger partial charge in [0.05, 0.1) is 9.82 Å². The van der Waals surface area contributed by atoms with Gasteiger partial charge in [-0.1, -0.05) is 23.9 Å². The highest BCUT2D eigenvalue weighted by atomic mass is 127. The number of nitro groups is 1. The Labute approximate surface area is 117 Å². The third-order valence-corrected chi connectivity index (χ3v) is 3.90. The fourth-order valence-corrected chi connectivity index (χ4v) is 2.60. The number of hydrogen-bond donors (Lipinski definition) is 0. The Morgan fingerprint density at radius 3 is 2.35 bits per heavy atom. The molecule has 0 atom stereocenters. The Hall–Kier alpha value is -1.08. The van der Waals surface area contributed by atoms with E-state index in [4.69, 9.17) is 0 Å². The smallest absolute Gasteiger partial charge is 0.258 e. The monoisotopic (exact) mass is 357 g/mol. The molecule has 0 aliphatic heterocycles.